The molecule has 1 aromatic carbocycles. The molecule has 1 N–H and O–H groups in total. The molecule has 4 rings (SSSR count). The highest BCUT2D eigenvalue weighted by atomic mass is 32.2. The van der Waals surface area contributed by atoms with Crippen LogP contribution >= 0.6 is 0 Å². The molecule has 1 fully saturated rings. The Kier molecular flexibility index (Phi) is 5.10. The van der Waals surface area contributed by atoms with Gasteiger partial charge in [0.1, 0.15) is 10.6 Å². The van der Waals surface area contributed by atoms with E-state index in [4.69, 9.17) is 4.52 Å². The summed E-state index contributed by atoms with van der Waals surface area (Å²) < 4.78 is 32.5. The molecule has 3 aromatic rings. The molecule has 1 amide bonds. The van der Waals surface area contributed by atoms with E-state index in [1.54, 1.807) is 20.0 Å². The van der Waals surface area contributed by atoms with Crippen LogP contribution in [0.1, 0.15) is 24.3 Å². The molecular weight excluding hydrogens is 392 g/mol. The average Bonchev–Trinajstić information content (AvgIpc) is 3.07. The van der Waals surface area contributed by atoms with Gasteiger partial charge in [0.05, 0.1) is 17.1 Å². The molecule has 0 radical (unpaired) electrons. The van der Waals surface area contributed by atoms with E-state index in [0.29, 0.717) is 30.8 Å². The van der Waals surface area contributed by atoms with E-state index in [1.807, 2.05) is 30.3 Å². The molecule has 1 unspecified atom stereocenters. The molecule has 1 atom stereocenters. The van der Waals surface area contributed by atoms with Crippen LogP contribution in [0.5, 0.6) is 0 Å². The van der Waals surface area contributed by atoms with E-state index in [0.717, 1.165) is 10.9 Å². The average molecular weight is 414 g/mol. The number of rotatable bonds is 4. The largest absolute Gasteiger partial charge is 0.360 e. The first-order chi connectivity index (χ1) is 13.9. The van der Waals surface area contributed by atoms with Crippen molar-refractivity contribution < 1.29 is 17.7 Å². The third kappa shape index (κ3) is 3.63. The van der Waals surface area contributed by atoms with Gasteiger partial charge in [0.25, 0.3) is 0 Å². The van der Waals surface area contributed by atoms with Gasteiger partial charge in [0, 0.05) is 24.7 Å². The zero-order valence-corrected chi connectivity index (χ0v) is 17.1. The molecule has 0 bridgehead atoms. The SMILES string of the molecule is Cc1noc(C)c1S(=O)(=O)N1CCCC(C(=O)Nc2cccc3ncccc23)C1. The molecule has 3 heterocycles. The Morgan fingerprint density at radius 2 is 2.07 bits per heavy atom. The van der Waals surface area contributed by atoms with Crippen molar-refractivity contribution in [2.45, 2.75) is 31.6 Å². The number of carbonyl (C=O) groups is 1. The maximum absolute atomic E-state index is 13.1. The van der Waals surface area contributed by atoms with Crippen molar-refractivity contribution >= 4 is 32.5 Å². The second kappa shape index (κ2) is 7.57. The number of pyridine rings is 1. The molecular formula is C20H22N4O4S. The molecule has 0 spiro atoms. The lowest BCUT2D eigenvalue weighted by molar-refractivity contribution is -0.120. The number of nitrogens with zero attached hydrogens (tertiary/aromatic N) is 3. The Labute approximate surface area is 169 Å². The summed E-state index contributed by atoms with van der Waals surface area (Å²) in [4.78, 5) is 17.3. The van der Waals surface area contributed by atoms with Crippen LogP contribution in [-0.2, 0) is 14.8 Å². The molecule has 0 saturated carbocycles. The van der Waals surface area contributed by atoms with Crippen LogP contribution in [0, 0.1) is 19.8 Å². The number of piperidine rings is 1. The van der Waals surface area contributed by atoms with Gasteiger partial charge in [0.15, 0.2) is 5.76 Å². The van der Waals surface area contributed by atoms with Crippen LogP contribution in [-0.4, -0.2) is 41.9 Å². The predicted molar refractivity (Wildman–Crippen MR) is 108 cm³/mol. The summed E-state index contributed by atoms with van der Waals surface area (Å²) in [5.74, 6) is -0.372. The monoisotopic (exact) mass is 414 g/mol. The standard InChI is InChI=1S/C20H22N4O4S/c1-13-19(14(2)28-23-13)29(26,27)24-11-5-6-15(12-24)20(25)22-18-9-3-8-17-16(18)7-4-10-21-17/h3-4,7-10,15H,5-6,11-12H2,1-2H3,(H,22,25). The number of hydrogen-bond acceptors (Lipinski definition) is 6. The summed E-state index contributed by atoms with van der Waals surface area (Å²) in [5.41, 5.74) is 1.79. The van der Waals surface area contributed by atoms with E-state index in [9.17, 15) is 13.2 Å². The highest BCUT2D eigenvalue weighted by Crippen LogP contribution is 2.29. The Morgan fingerprint density at radius 3 is 2.83 bits per heavy atom. The zero-order valence-electron chi connectivity index (χ0n) is 16.3. The quantitative estimate of drug-likeness (QED) is 0.704. The summed E-state index contributed by atoms with van der Waals surface area (Å²) in [7, 11) is -3.77. The second-order valence-corrected chi connectivity index (χ2v) is 9.10. The van der Waals surface area contributed by atoms with E-state index >= 15 is 0 Å². The zero-order chi connectivity index (χ0) is 20.6. The molecule has 1 aliphatic rings. The fourth-order valence-electron chi connectivity index (χ4n) is 3.79. The number of fused-ring (bicyclic) bond motifs is 1. The summed E-state index contributed by atoms with van der Waals surface area (Å²) in [5, 5.41) is 7.55. The van der Waals surface area contributed by atoms with Crippen molar-refractivity contribution in [1.82, 2.24) is 14.4 Å². The maximum atomic E-state index is 13.1. The molecule has 9 heteroatoms. The summed E-state index contributed by atoms with van der Waals surface area (Å²) in [6.45, 7) is 3.68. The number of amides is 1. The third-order valence-corrected chi connectivity index (χ3v) is 7.33. The maximum Gasteiger partial charge on any atom is 0.248 e. The van der Waals surface area contributed by atoms with Crippen LogP contribution in [0.4, 0.5) is 5.69 Å². The van der Waals surface area contributed by atoms with Crippen LogP contribution < -0.4 is 5.32 Å². The van der Waals surface area contributed by atoms with E-state index in [-0.39, 0.29) is 23.1 Å². The van der Waals surface area contributed by atoms with Gasteiger partial charge in [-0.3, -0.25) is 9.78 Å². The summed E-state index contributed by atoms with van der Waals surface area (Å²) in [6, 6.07) is 9.25. The van der Waals surface area contributed by atoms with Gasteiger partial charge >= 0.3 is 0 Å². The number of benzene rings is 1. The number of aromatic nitrogens is 2. The number of sulfonamides is 1. The Balaban J connectivity index is 1.55. The van der Waals surface area contributed by atoms with Crippen LogP contribution in [0.2, 0.25) is 0 Å². The van der Waals surface area contributed by atoms with E-state index < -0.39 is 15.9 Å². The van der Waals surface area contributed by atoms with Gasteiger partial charge in [0.2, 0.25) is 15.9 Å². The second-order valence-electron chi connectivity index (χ2n) is 7.22. The van der Waals surface area contributed by atoms with Gasteiger partial charge in [-0.1, -0.05) is 11.2 Å². The van der Waals surface area contributed by atoms with Crippen molar-refractivity contribution in [3.05, 3.63) is 48.0 Å². The van der Waals surface area contributed by atoms with Crippen LogP contribution in [0.25, 0.3) is 10.9 Å². The molecule has 152 valence electrons. The van der Waals surface area contributed by atoms with Crippen LogP contribution in [0.15, 0.2) is 45.9 Å². The first-order valence-electron chi connectivity index (χ1n) is 9.45. The third-order valence-electron chi connectivity index (χ3n) is 5.22. The van der Waals surface area contributed by atoms with Crippen LogP contribution in [0.3, 0.4) is 0 Å². The number of nitrogens with one attached hydrogen (secondary N) is 1. The molecule has 1 saturated heterocycles. The smallest absolute Gasteiger partial charge is 0.248 e. The van der Waals surface area contributed by atoms with Crippen molar-refractivity contribution in [2.24, 2.45) is 5.92 Å². The Hall–Kier alpha value is -2.78. The lowest BCUT2D eigenvalue weighted by atomic mass is 9.98. The number of carbonyl (C=O) groups excluding carboxylic acids is 1. The van der Waals surface area contributed by atoms with Crippen molar-refractivity contribution in [2.75, 3.05) is 18.4 Å². The minimum atomic E-state index is -3.77. The minimum absolute atomic E-state index is 0.0960. The predicted octanol–water partition coefficient (Wildman–Crippen LogP) is 2.88. The summed E-state index contributed by atoms with van der Waals surface area (Å²) in [6.07, 6.45) is 2.94. The first-order valence-corrected chi connectivity index (χ1v) is 10.9. The van der Waals surface area contributed by atoms with Gasteiger partial charge in [-0.15, -0.1) is 0 Å². The van der Waals surface area contributed by atoms with Gasteiger partial charge in [-0.05, 0) is 51.0 Å². The minimum Gasteiger partial charge on any atom is -0.360 e. The Morgan fingerprint density at radius 1 is 1.24 bits per heavy atom. The van der Waals surface area contributed by atoms with Crippen molar-refractivity contribution in [3.8, 4) is 0 Å². The first kappa shape index (κ1) is 19.5. The van der Waals surface area contributed by atoms with Gasteiger partial charge in [-0.2, -0.15) is 4.31 Å². The van der Waals surface area contributed by atoms with E-state index in [2.05, 4.69) is 15.5 Å². The van der Waals surface area contributed by atoms with Gasteiger partial charge in [-0.25, -0.2) is 8.42 Å². The molecule has 0 aliphatic carbocycles. The molecule has 2 aromatic heterocycles. The molecule has 1 aliphatic heterocycles. The fraction of sp³-hybridized carbons (Fsp3) is 0.350. The highest BCUT2D eigenvalue weighted by molar-refractivity contribution is 7.89. The Bertz CT molecular complexity index is 1150. The number of anilines is 1. The van der Waals surface area contributed by atoms with Crippen molar-refractivity contribution in [1.29, 1.82) is 0 Å². The van der Waals surface area contributed by atoms with Crippen molar-refractivity contribution in [3.63, 3.8) is 0 Å². The van der Waals surface area contributed by atoms with E-state index in [1.165, 1.54) is 4.31 Å². The number of aryl methyl sites for hydroxylation is 2. The molecule has 8 nitrogen and oxygen atoms in total. The normalized spacial score (nSPS) is 18.1. The summed E-state index contributed by atoms with van der Waals surface area (Å²) >= 11 is 0. The number of hydrogen-bond donors (Lipinski definition) is 1. The lowest BCUT2D eigenvalue weighted by Crippen LogP contribution is -2.43. The molecule has 29 heavy (non-hydrogen) atoms. The van der Waals surface area contributed by atoms with Gasteiger partial charge < -0.3 is 9.84 Å². The highest BCUT2D eigenvalue weighted by Gasteiger charge is 2.36. The topological polar surface area (TPSA) is 105 Å². The lowest BCUT2D eigenvalue weighted by Gasteiger charge is -2.31. The fourth-order valence-corrected chi connectivity index (χ4v) is 5.61.